The number of nitrogens with zero attached hydrogens (tertiary/aromatic N) is 2. The van der Waals surface area contributed by atoms with E-state index < -0.39 is 0 Å². The molecule has 2 rings (SSSR count). The first-order chi connectivity index (χ1) is 8.40. The third-order valence-electron chi connectivity index (χ3n) is 2.68. The molecule has 1 heterocycles. The Bertz CT molecular complexity index is 413. The van der Waals surface area contributed by atoms with Crippen LogP contribution in [0.3, 0.4) is 0 Å². The van der Waals surface area contributed by atoms with Crippen LogP contribution in [0.5, 0.6) is 0 Å². The highest BCUT2D eigenvalue weighted by molar-refractivity contribution is 5.18. The minimum Gasteiger partial charge on any atom is -0.394 e. The van der Waals surface area contributed by atoms with E-state index in [1.807, 2.05) is 47.3 Å². The number of aliphatic hydroxyl groups is 1. The fraction of sp³-hybridized carbons (Fsp3) is 0.308. The van der Waals surface area contributed by atoms with Crippen LogP contribution in [0.2, 0.25) is 0 Å². The summed E-state index contributed by atoms with van der Waals surface area (Å²) >= 11 is 0. The number of rotatable bonds is 6. The van der Waals surface area contributed by atoms with E-state index in [0.717, 1.165) is 18.7 Å². The van der Waals surface area contributed by atoms with Crippen LogP contribution in [0.15, 0.2) is 48.8 Å². The minimum atomic E-state index is -0.00763. The third-order valence-corrected chi connectivity index (χ3v) is 2.68. The molecule has 2 aromatic rings. The minimum absolute atomic E-state index is 0.00763. The van der Waals surface area contributed by atoms with Gasteiger partial charge in [-0.3, -0.25) is 4.68 Å². The zero-order valence-corrected chi connectivity index (χ0v) is 9.66. The van der Waals surface area contributed by atoms with Gasteiger partial charge in [0.05, 0.1) is 19.2 Å². The van der Waals surface area contributed by atoms with E-state index in [2.05, 4.69) is 10.4 Å². The van der Waals surface area contributed by atoms with Crippen LogP contribution in [0.25, 0.3) is 0 Å². The summed E-state index contributed by atoms with van der Waals surface area (Å²) in [6, 6.07) is 11.9. The lowest BCUT2D eigenvalue weighted by atomic mass is 10.1. The quantitative estimate of drug-likeness (QED) is 0.785. The van der Waals surface area contributed by atoms with E-state index >= 15 is 0 Å². The SMILES string of the molecule is OCC(NCCn1cccn1)c1ccccc1. The number of hydrogen-bond acceptors (Lipinski definition) is 3. The van der Waals surface area contributed by atoms with Crippen molar-refractivity contribution in [3.05, 3.63) is 54.4 Å². The van der Waals surface area contributed by atoms with Gasteiger partial charge in [0.25, 0.3) is 0 Å². The van der Waals surface area contributed by atoms with Crippen molar-refractivity contribution < 1.29 is 5.11 Å². The molecule has 0 aliphatic rings. The van der Waals surface area contributed by atoms with E-state index in [-0.39, 0.29) is 12.6 Å². The van der Waals surface area contributed by atoms with Gasteiger partial charge in [-0.05, 0) is 11.6 Å². The zero-order chi connectivity index (χ0) is 11.9. The summed E-state index contributed by atoms with van der Waals surface area (Å²) < 4.78 is 1.87. The maximum atomic E-state index is 9.35. The summed E-state index contributed by atoms with van der Waals surface area (Å²) in [6.07, 6.45) is 3.69. The van der Waals surface area contributed by atoms with E-state index in [0.29, 0.717) is 0 Å². The van der Waals surface area contributed by atoms with Gasteiger partial charge in [0.15, 0.2) is 0 Å². The predicted molar refractivity (Wildman–Crippen MR) is 66.5 cm³/mol. The smallest absolute Gasteiger partial charge is 0.0626 e. The molecule has 0 saturated heterocycles. The van der Waals surface area contributed by atoms with Crippen molar-refractivity contribution in [2.45, 2.75) is 12.6 Å². The lowest BCUT2D eigenvalue weighted by molar-refractivity contribution is 0.243. The van der Waals surface area contributed by atoms with Crippen molar-refractivity contribution in [1.82, 2.24) is 15.1 Å². The van der Waals surface area contributed by atoms with Crippen molar-refractivity contribution in [3.8, 4) is 0 Å². The second-order valence-corrected chi connectivity index (χ2v) is 3.87. The van der Waals surface area contributed by atoms with Crippen LogP contribution >= 0.6 is 0 Å². The maximum absolute atomic E-state index is 9.35. The van der Waals surface area contributed by atoms with Gasteiger partial charge in [-0.2, -0.15) is 5.10 Å². The molecule has 0 aliphatic carbocycles. The zero-order valence-electron chi connectivity index (χ0n) is 9.66. The van der Waals surface area contributed by atoms with Gasteiger partial charge in [0.1, 0.15) is 0 Å². The highest BCUT2D eigenvalue weighted by Gasteiger charge is 2.08. The first-order valence-corrected chi connectivity index (χ1v) is 5.77. The van der Waals surface area contributed by atoms with Crippen molar-refractivity contribution in [2.24, 2.45) is 0 Å². The normalized spacial score (nSPS) is 12.5. The second kappa shape index (κ2) is 6.18. The molecule has 0 radical (unpaired) electrons. The third kappa shape index (κ3) is 3.41. The molecule has 1 atom stereocenters. The number of aromatic nitrogens is 2. The molecule has 0 fully saturated rings. The van der Waals surface area contributed by atoms with Gasteiger partial charge >= 0.3 is 0 Å². The van der Waals surface area contributed by atoms with Gasteiger partial charge in [-0.15, -0.1) is 0 Å². The summed E-state index contributed by atoms with van der Waals surface area (Å²) in [7, 11) is 0. The van der Waals surface area contributed by atoms with Crippen LogP contribution < -0.4 is 5.32 Å². The van der Waals surface area contributed by atoms with E-state index in [4.69, 9.17) is 0 Å². The number of aliphatic hydroxyl groups excluding tert-OH is 1. The summed E-state index contributed by atoms with van der Waals surface area (Å²) in [4.78, 5) is 0. The Balaban J connectivity index is 1.84. The Kier molecular flexibility index (Phi) is 4.30. The molecular weight excluding hydrogens is 214 g/mol. The van der Waals surface area contributed by atoms with Gasteiger partial charge in [-0.25, -0.2) is 0 Å². The maximum Gasteiger partial charge on any atom is 0.0626 e. The van der Waals surface area contributed by atoms with Crippen LogP contribution in [0.1, 0.15) is 11.6 Å². The fourth-order valence-corrected chi connectivity index (χ4v) is 1.76. The summed E-state index contributed by atoms with van der Waals surface area (Å²) in [5.74, 6) is 0. The topological polar surface area (TPSA) is 50.1 Å². The summed E-state index contributed by atoms with van der Waals surface area (Å²) in [5, 5.41) is 16.8. The Hall–Kier alpha value is -1.65. The first kappa shape index (κ1) is 11.8. The van der Waals surface area contributed by atoms with Gasteiger partial charge in [-0.1, -0.05) is 30.3 Å². The molecule has 2 N–H and O–H groups in total. The standard InChI is InChI=1S/C13H17N3O/c17-11-13(12-5-2-1-3-6-12)14-8-10-16-9-4-7-15-16/h1-7,9,13-14,17H,8,10-11H2. The Labute approximate surface area is 101 Å². The largest absolute Gasteiger partial charge is 0.394 e. The van der Waals surface area contributed by atoms with Crippen molar-refractivity contribution in [3.63, 3.8) is 0 Å². The molecule has 4 nitrogen and oxygen atoms in total. The summed E-state index contributed by atoms with van der Waals surface area (Å²) in [5.41, 5.74) is 1.11. The Morgan fingerprint density at radius 2 is 2.06 bits per heavy atom. The molecule has 1 aromatic carbocycles. The molecule has 0 bridgehead atoms. The van der Waals surface area contributed by atoms with Gasteiger partial charge in [0, 0.05) is 18.9 Å². The van der Waals surface area contributed by atoms with E-state index in [1.165, 1.54) is 0 Å². The molecule has 90 valence electrons. The molecule has 17 heavy (non-hydrogen) atoms. The monoisotopic (exact) mass is 231 g/mol. The average molecular weight is 231 g/mol. The van der Waals surface area contributed by atoms with Gasteiger partial charge in [0.2, 0.25) is 0 Å². The van der Waals surface area contributed by atoms with E-state index in [9.17, 15) is 5.11 Å². The highest BCUT2D eigenvalue weighted by Crippen LogP contribution is 2.10. The number of hydrogen-bond donors (Lipinski definition) is 2. The highest BCUT2D eigenvalue weighted by atomic mass is 16.3. The van der Waals surface area contributed by atoms with Crippen LogP contribution in [-0.2, 0) is 6.54 Å². The Morgan fingerprint density at radius 1 is 1.24 bits per heavy atom. The molecule has 1 aromatic heterocycles. The lowest BCUT2D eigenvalue weighted by Gasteiger charge is -2.16. The first-order valence-electron chi connectivity index (χ1n) is 5.77. The molecular formula is C13H17N3O. The van der Waals surface area contributed by atoms with Gasteiger partial charge < -0.3 is 10.4 Å². The average Bonchev–Trinajstić information content (AvgIpc) is 2.89. The lowest BCUT2D eigenvalue weighted by Crippen LogP contribution is -2.27. The van der Waals surface area contributed by atoms with Crippen molar-refractivity contribution >= 4 is 0 Å². The molecule has 0 amide bonds. The molecule has 0 aliphatic heterocycles. The fourth-order valence-electron chi connectivity index (χ4n) is 1.76. The number of nitrogens with one attached hydrogen (secondary N) is 1. The summed E-state index contributed by atoms with van der Waals surface area (Å²) in [6.45, 7) is 1.68. The van der Waals surface area contributed by atoms with E-state index in [1.54, 1.807) is 6.20 Å². The molecule has 0 saturated carbocycles. The molecule has 4 heteroatoms. The number of benzene rings is 1. The molecule has 0 spiro atoms. The van der Waals surface area contributed by atoms with Crippen LogP contribution in [0.4, 0.5) is 0 Å². The van der Waals surface area contributed by atoms with Crippen LogP contribution in [-0.4, -0.2) is 28.0 Å². The Morgan fingerprint density at radius 3 is 2.71 bits per heavy atom. The van der Waals surface area contributed by atoms with Crippen molar-refractivity contribution in [1.29, 1.82) is 0 Å². The second-order valence-electron chi connectivity index (χ2n) is 3.87. The van der Waals surface area contributed by atoms with Crippen LogP contribution in [0, 0.1) is 0 Å². The molecule has 1 unspecified atom stereocenters. The van der Waals surface area contributed by atoms with Crippen molar-refractivity contribution in [2.75, 3.05) is 13.2 Å². The predicted octanol–water partition coefficient (Wildman–Crippen LogP) is 1.21.